The molecule has 0 spiro atoms. The minimum atomic E-state index is -1.04. The van der Waals surface area contributed by atoms with Crippen LogP contribution in [-0.2, 0) is 16.0 Å². The molecule has 0 fully saturated rings. The van der Waals surface area contributed by atoms with Gasteiger partial charge in [-0.25, -0.2) is 0 Å². The Bertz CT molecular complexity index is 394. The highest BCUT2D eigenvalue weighted by atomic mass is 79.9. The van der Waals surface area contributed by atoms with E-state index < -0.39 is 16.8 Å². The molecule has 0 aliphatic carbocycles. The predicted octanol–water partition coefficient (Wildman–Crippen LogP) is 1.58. The third kappa shape index (κ3) is 4.56. The Morgan fingerprint density at radius 1 is 1.35 bits per heavy atom. The van der Waals surface area contributed by atoms with Crippen molar-refractivity contribution in [1.82, 2.24) is 5.32 Å². The summed E-state index contributed by atoms with van der Waals surface area (Å²) in [6.45, 7) is 1.43. The van der Waals surface area contributed by atoms with E-state index in [1.807, 2.05) is 30.3 Å². The quantitative estimate of drug-likeness (QED) is 0.811. The topological polar surface area (TPSA) is 66.4 Å². The summed E-state index contributed by atoms with van der Waals surface area (Å²) in [5.41, 5.74) is 1.02. The third-order valence-electron chi connectivity index (χ3n) is 2.27. The maximum Gasteiger partial charge on any atom is 0.325 e. The molecular weight excluding hydrogens is 286 g/mol. The van der Waals surface area contributed by atoms with Crippen molar-refractivity contribution in [3.05, 3.63) is 35.9 Å². The van der Waals surface area contributed by atoms with Gasteiger partial charge in [-0.2, -0.15) is 0 Å². The zero-order chi connectivity index (χ0) is 12.8. The second-order valence-corrected chi connectivity index (χ2v) is 4.83. The average Bonchev–Trinajstić information content (AvgIpc) is 2.29. The number of halogens is 1. The summed E-state index contributed by atoms with van der Waals surface area (Å²) in [4.78, 5) is 21.8. The van der Waals surface area contributed by atoms with Crippen LogP contribution in [0, 0.1) is 0 Å². The molecule has 1 amide bonds. The van der Waals surface area contributed by atoms with Gasteiger partial charge in [0, 0.05) is 0 Å². The number of hydrogen-bond acceptors (Lipinski definition) is 2. The Labute approximate surface area is 108 Å². The van der Waals surface area contributed by atoms with Crippen LogP contribution in [0.25, 0.3) is 0 Å². The van der Waals surface area contributed by atoms with Gasteiger partial charge in [-0.05, 0) is 18.9 Å². The fraction of sp³-hybridized carbons (Fsp3) is 0.333. The fourth-order valence-corrected chi connectivity index (χ4v) is 1.79. The molecule has 1 aromatic rings. The Kier molecular flexibility index (Phi) is 5.15. The largest absolute Gasteiger partial charge is 0.480 e. The number of rotatable bonds is 5. The average molecular weight is 300 g/mol. The van der Waals surface area contributed by atoms with Crippen molar-refractivity contribution in [1.29, 1.82) is 0 Å². The predicted molar refractivity (Wildman–Crippen MR) is 68.1 cm³/mol. The van der Waals surface area contributed by atoms with Gasteiger partial charge >= 0.3 is 5.97 Å². The van der Waals surface area contributed by atoms with Crippen LogP contribution in [0.4, 0.5) is 0 Å². The van der Waals surface area contributed by atoms with Crippen molar-refractivity contribution in [2.75, 3.05) is 0 Å². The van der Waals surface area contributed by atoms with Gasteiger partial charge in [0.25, 0.3) is 0 Å². The van der Waals surface area contributed by atoms with E-state index in [9.17, 15) is 9.59 Å². The van der Waals surface area contributed by atoms with Gasteiger partial charge in [0.05, 0.1) is 4.83 Å². The SMILES string of the molecule is C[C@H](NC(=O)[C@H](Br)Cc1ccccc1)C(=O)O. The number of alkyl halides is 1. The molecule has 0 bridgehead atoms. The lowest BCUT2D eigenvalue weighted by Crippen LogP contribution is -2.42. The van der Waals surface area contributed by atoms with Gasteiger partial charge < -0.3 is 10.4 Å². The molecule has 2 atom stereocenters. The lowest BCUT2D eigenvalue weighted by Gasteiger charge is -2.13. The minimum absolute atomic E-state index is 0.316. The zero-order valence-corrected chi connectivity index (χ0v) is 11.0. The summed E-state index contributed by atoms with van der Waals surface area (Å²) < 4.78 is 0. The lowest BCUT2D eigenvalue weighted by molar-refractivity contribution is -0.141. The Hall–Kier alpha value is -1.36. The van der Waals surface area contributed by atoms with Crippen molar-refractivity contribution < 1.29 is 14.7 Å². The molecule has 0 saturated heterocycles. The molecule has 1 rings (SSSR count). The van der Waals surface area contributed by atoms with Crippen LogP contribution in [0.5, 0.6) is 0 Å². The van der Waals surface area contributed by atoms with Crippen molar-refractivity contribution in [3.8, 4) is 0 Å². The highest BCUT2D eigenvalue weighted by molar-refractivity contribution is 9.10. The number of aliphatic carboxylic acids is 1. The molecule has 0 aromatic heterocycles. The first-order valence-corrected chi connectivity index (χ1v) is 6.13. The van der Waals surface area contributed by atoms with E-state index >= 15 is 0 Å². The summed E-state index contributed by atoms with van der Waals surface area (Å²) in [7, 11) is 0. The van der Waals surface area contributed by atoms with Crippen molar-refractivity contribution in [2.45, 2.75) is 24.2 Å². The number of amides is 1. The number of carboxylic acids is 1. The fourth-order valence-electron chi connectivity index (χ4n) is 1.28. The van der Waals surface area contributed by atoms with E-state index in [0.717, 1.165) is 5.56 Å². The van der Waals surface area contributed by atoms with Gasteiger partial charge in [-0.3, -0.25) is 9.59 Å². The Morgan fingerprint density at radius 3 is 2.47 bits per heavy atom. The minimum Gasteiger partial charge on any atom is -0.480 e. The number of carbonyl (C=O) groups excluding carboxylic acids is 1. The van der Waals surface area contributed by atoms with E-state index in [1.165, 1.54) is 6.92 Å². The van der Waals surface area contributed by atoms with Gasteiger partial charge in [-0.15, -0.1) is 0 Å². The molecule has 0 unspecified atom stereocenters. The van der Waals surface area contributed by atoms with Crippen LogP contribution in [0.2, 0.25) is 0 Å². The number of benzene rings is 1. The summed E-state index contributed by atoms with van der Waals surface area (Å²) in [5.74, 6) is -1.36. The smallest absolute Gasteiger partial charge is 0.325 e. The highest BCUT2D eigenvalue weighted by Crippen LogP contribution is 2.10. The molecule has 0 aliphatic heterocycles. The molecule has 1 aromatic carbocycles. The molecule has 2 N–H and O–H groups in total. The zero-order valence-electron chi connectivity index (χ0n) is 9.39. The summed E-state index contributed by atoms with van der Waals surface area (Å²) in [5, 5.41) is 11.1. The van der Waals surface area contributed by atoms with E-state index in [-0.39, 0.29) is 5.91 Å². The van der Waals surface area contributed by atoms with Crippen molar-refractivity contribution in [2.24, 2.45) is 0 Å². The van der Waals surface area contributed by atoms with Crippen molar-refractivity contribution >= 4 is 27.8 Å². The molecule has 17 heavy (non-hydrogen) atoms. The standard InChI is InChI=1S/C12H14BrNO3/c1-8(12(16)17)14-11(15)10(13)7-9-5-3-2-4-6-9/h2-6,8,10H,7H2,1H3,(H,14,15)(H,16,17)/t8-,10+/m0/s1. The monoisotopic (exact) mass is 299 g/mol. The van der Waals surface area contributed by atoms with E-state index in [0.29, 0.717) is 6.42 Å². The molecule has 0 heterocycles. The highest BCUT2D eigenvalue weighted by Gasteiger charge is 2.20. The summed E-state index contributed by atoms with van der Waals surface area (Å²) >= 11 is 3.25. The first-order chi connectivity index (χ1) is 8.00. The van der Waals surface area contributed by atoms with Gasteiger partial charge in [0.1, 0.15) is 6.04 Å². The Morgan fingerprint density at radius 2 is 1.94 bits per heavy atom. The molecular formula is C12H14BrNO3. The van der Waals surface area contributed by atoms with Crippen LogP contribution in [0.3, 0.4) is 0 Å². The van der Waals surface area contributed by atoms with Crippen LogP contribution < -0.4 is 5.32 Å². The molecule has 0 radical (unpaired) electrons. The lowest BCUT2D eigenvalue weighted by atomic mass is 10.1. The Balaban J connectivity index is 2.50. The second kappa shape index (κ2) is 6.39. The van der Waals surface area contributed by atoms with E-state index in [2.05, 4.69) is 21.2 Å². The van der Waals surface area contributed by atoms with Gasteiger partial charge in [0.15, 0.2) is 0 Å². The van der Waals surface area contributed by atoms with Crippen LogP contribution >= 0.6 is 15.9 Å². The maximum atomic E-state index is 11.6. The first-order valence-electron chi connectivity index (χ1n) is 5.22. The second-order valence-electron chi connectivity index (χ2n) is 3.73. The molecule has 92 valence electrons. The molecule has 0 aliphatic rings. The van der Waals surface area contributed by atoms with E-state index in [1.54, 1.807) is 0 Å². The van der Waals surface area contributed by atoms with Gasteiger partial charge in [-0.1, -0.05) is 46.3 Å². The number of carbonyl (C=O) groups is 2. The number of carboxylic acid groups (broad SMARTS) is 1. The molecule has 4 nitrogen and oxygen atoms in total. The molecule has 5 heteroatoms. The van der Waals surface area contributed by atoms with Gasteiger partial charge in [0.2, 0.25) is 5.91 Å². The van der Waals surface area contributed by atoms with Crippen LogP contribution in [0.15, 0.2) is 30.3 Å². The number of hydrogen-bond donors (Lipinski definition) is 2. The van der Waals surface area contributed by atoms with Crippen LogP contribution in [0.1, 0.15) is 12.5 Å². The number of nitrogens with one attached hydrogen (secondary N) is 1. The third-order valence-corrected chi connectivity index (χ3v) is 3.01. The van der Waals surface area contributed by atoms with E-state index in [4.69, 9.17) is 5.11 Å². The van der Waals surface area contributed by atoms with Crippen LogP contribution in [-0.4, -0.2) is 27.9 Å². The normalized spacial score (nSPS) is 13.8. The molecule has 0 saturated carbocycles. The first kappa shape index (κ1) is 13.7. The maximum absolute atomic E-state index is 11.6. The summed E-state index contributed by atoms with van der Waals surface area (Å²) in [6, 6.07) is 8.65. The summed E-state index contributed by atoms with van der Waals surface area (Å²) in [6.07, 6.45) is 0.527. The van der Waals surface area contributed by atoms with Crippen molar-refractivity contribution in [3.63, 3.8) is 0 Å².